The molecule has 0 bridgehead atoms. The van der Waals surface area contributed by atoms with E-state index >= 15 is 0 Å². The van der Waals surface area contributed by atoms with E-state index in [9.17, 15) is 0 Å². The maximum atomic E-state index is 6.70. The first-order valence-electron chi connectivity index (χ1n) is 18.8. The molecule has 0 radical (unpaired) electrons. The average Bonchev–Trinajstić information content (AvgIpc) is 3.81. The lowest BCUT2D eigenvalue weighted by Gasteiger charge is -2.26. The van der Waals surface area contributed by atoms with E-state index in [-0.39, 0.29) is 0 Å². The van der Waals surface area contributed by atoms with Gasteiger partial charge in [0.15, 0.2) is 5.58 Å². The van der Waals surface area contributed by atoms with Gasteiger partial charge >= 0.3 is 0 Å². The molecule has 0 atom stereocenters. The summed E-state index contributed by atoms with van der Waals surface area (Å²) < 4.78 is 9.12. The highest BCUT2D eigenvalue weighted by Crippen LogP contribution is 2.46. The highest BCUT2D eigenvalue weighted by atomic mass is 16.3. The Bertz CT molecular complexity index is 3210. The van der Waals surface area contributed by atoms with Crippen LogP contribution in [0.3, 0.4) is 0 Å². The molecule has 3 heteroatoms. The molecule has 0 aliphatic carbocycles. The zero-order valence-electron chi connectivity index (χ0n) is 29.9. The molecule has 55 heavy (non-hydrogen) atoms. The second-order valence-electron chi connectivity index (χ2n) is 14.1. The molecule has 0 spiro atoms. The number of furan rings is 1. The van der Waals surface area contributed by atoms with Crippen LogP contribution in [0.25, 0.3) is 82.5 Å². The van der Waals surface area contributed by atoms with Crippen LogP contribution in [0.5, 0.6) is 0 Å². The molecule has 2 aromatic heterocycles. The van der Waals surface area contributed by atoms with E-state index in [1.165, 1.54) is 43.8 Å². The van der Waals surface area contributed by atoms with Gasteiger partial charge in [0.25, 0.3) is 0 Å². The van der Waals surface area contributed by atoms with Crippen LogP contribution < -0.4 is 4.90 Å². The third-order valence-corrected chi connectivity index (χ3v) is 10.9. The molecule has 0 amide bonds. The summed E-state index contributed by atoms with van der Waals surface area (Å²) in [5.41, 5.74) is 13.0. The average molecular weight is 703 g/mol. The van der Waals surface area contributed by atoms with Gasteiger partial charge in [0.2, 0.25) is 0 Å². The number of anilines is 3. The molecule has 258 valence electrons. The van der Waals surface area contributed by atoms with Gasteiger partial charge in [-0.25, -0.2) is 0 Å². The molecule has 0 N–H and O–H groups in total. The van der Waals surface area contributed by atoms with Crippen molar-refractivity contribution in [1.29, 1.82) is 0 Å². The Balaban J connectivity index is 1.19. The van der Waals surface area contributed by atoms with Crippen molar-refractivity contribution in [2.45, 2.75) is 0 Å². The number of rotatable bonds is 6. The molecule has 0 saturated carbocycles. The maximum Gasteiger partial charge on any atom is 0.159 e. The van der Waals surface area contributed by atoms with Crippen molar-refractivity contribution in [2.24, 2.45) is 0 Å². The molecular weight excluding hydrogens is 669 g/mol. The normalized spacial score (nSPS) is 11.6. The Morgan fingerprint density at radius 3 is 2.00 bits per heavy atom. The summed E-state index contributed by atoms with van der Waals surface area (Å²) in [5, 5.41) is 7.12. The smallest absolute Gasteiger partial charge is 0.159 e. The van der Waals surface area contributed by atoms with Gasteiger partial charge in [-0.05, 0) is 93.7 Å². The summed E-state index contributed by atoms with van der Waals surface area (Å²) in [5.74, 6) is 0. The first-order chi connectivity index (χ1) is 27.3. The molecule has 0 aliphatic heterocycles. The van der Waals surface area contributed by atoms with Gasteiger partial charge in [-0.1, -0.05) is 146 Å². The van der Waals surface area contributed by atoms with E-state index in [1.54, 1.807) is 0 Å². The lowest BCUT2D eigenvalue weighted by molar-refractivity contribution is 0.669. The molecule has 0 saturated heterocycles. The monoisotopic (exact) mass is 702 g/mol. The van der Waals surface area contributed by atoms with Crippen molar-refractivity contribution in [2.75, 3.05) is 4.90 Å². The van der Waals surface area contributed by atoms with Crippen molar-refractivity contribution in [3.63, 3.8) is 0 Å². The van der Waals surface area contributed by atoms with Crippen LogP contribution >= 0.6 is 0 Å². The molecule has 0 aliphatic rings. The highest BCUT2D eigenvalue weighted by Gasteiger charge is 2.23. The van der Waals surface area contributed by atoms with E-state index in [2.05, 4.69) is 210 Å². The fourth-order valence-corrected chi connectivity index (χ4v) is 8.44. The number of hydrogen-bond acceptors (Lipinski definition) is 2. The maximum absolute atomic E-state index is 6.70. The van der Waals surface area contributed by atoms with Gasteiger partial charge in [0, 0.05) is 38.6 Å². The molecule has 0 fully saturated rings. The third-order valence-electron chi connectivity index (χ3n) is 10.9. The predicted octanol–water partition coefficient (Wildman–Crippen LogP) is 14.6. The summed E-state index contributed by atoms with van der Waals surface area (Å²) >= 11 is 0. The highest BCUT2D eigenvalue weighted by molar-refractivity contribution is 6.17. The number of para-hydroxylation sites is 3. The Kier molecular flexibility index (Phi) is 7.17. The lowest BCUT2D eigenvalue weighted by atomic mass is 9.97. The minimum Gasteiger partial charge on any atom is -0.454 e. The van der Waals surface area contributed by atoms with Gasteiger partial charge in [0.05, 0.1) is 16.7 Å². The van der Waals surface area contributed by atoms with E-state index in [1.807, 2.05) is 6.07 Å². The zero-order valence-corrected chi connectivity index (χ0v) is 29.9. The number of hydrogen-bond donors (Lipinski definition) is 0. The molecule has 9 aromatic carbocycles. The van der Waals surface area contributed by atoms with Crippen molar-refractivity contribution in [3.05, 3.63) is 206 Å². The van der Waals surface area contributed by atoms with Crippen LogP contribution in [0.1, 0.15) is 0 Å². The third kappa shape index (κ3) is 5.13. The van der Waals surface area contributed by atoms with E-state index < -0.39 is 0 Å². The number of aromatic nitrogens is 1. The van der Waals surface area contributed by atoms with Crippen LogP contribution in [0.4, 0.5) is 17.1 Å². The minimum absolute atomic E-state index is 0.858. The number of nitrogens with zero attached hydrogens (tertiary/aromatic N) is 2. The minimum atomic E-state index is 0.858. The molecule has 2 heterocycles. The van der Waals surface area contributed by atoms with Crippen molar-refractivity contribution < 1.29 is 4.42 Å². The van der Waals surface area contributed by atoms with Crippen LogP contribution in [-0.2, 0) is 0 Å². The van der Waals surface area contributed by atoms with Crippen LogP contribution in [0.2, 0.25) is 0 Å². The SMILES string of the molecule is c1ccc(-c2cccc(N(c3ccc4c5c(-c6ccc7ccccc7c6)cccc5n(-c5ccccc5)c4c3)c3cccc4c3oc3ccccc34)c2)cc1. The summed E-state index contributed by atoms with van der Waals surface area (Å²) in [6.07, 6.45) is 0. The van der Waals surface area contributed by atoms with Crippen molar-refractivity contribution in [3.8, 4) is 27.9 Å². The van der Waals surface area contributed by atoms with Crippen molar-refractivity contribution in [1.82, 2.24) is 4.57 Å². The van der Waals surface area contributed by atoms with E-state index in [0.717, 1.165) is 55.8 Å². The zero-order chi connectivity index (χ0) is 36.3. The topological polar surface area (TPSA) is 21.3 Å². The molecule has 3 nitrogen and oxygen atoms in total. The molecule has 11 aromatic rings. The van der Waals surface area contributed by atoms with Crippen molar-refractivity contribution >= 4 is 71.6 Å². The van der Waals surface area contributed by atoms with E-state index in [4.69, 9.17) is 4.42 Å². The number of fused-ring (bicyclic) bond motifs is 7. The number of benzene rings is 9. The summed E-state index contributed by atoms with van der Waals surface area (Å²) in [7, 11) is 0. The summed E-state index contributed by atoms with van der Waals surface area (Å²) in [4.78, 5) is 2.35. The Hall–Kier alpha value is -7.36. The lowest BCUT2D eigenvalue weighted by Crippen LogP contribution is -2.10. The van der Waals surface area contributed by atoms with Gasteiger partial charge in [-0.2, -0.15) is 0 Å². The van der Waals surface area contributed by atoms with Crippen LogP contribution in [0.15, 0.2) is 211 Å². The van der Waals surface area contributed by atoms with Gasteiger partial charge in [-0.15, -0.1) is 0 Å². The second kappa shape index (κ2) is 12.6. The molecule has 11 rings (SSSR count). The summed E-state index contributed by atoms with van der Waals surface area (Å²) in [6, 6.07) is 73.9. The Morgan fingerprint density at radius 1 is 0.400 bits per heavy atom. The largest absolute Gasteiger partial charge is 0.454 e. The van der Waals surface area contributed by atoms with Gasteiger partial charge < -0.3 is 13.9 Å². The van der Waals surface area contributed by atoms with Gasteiger partial charge in [-0.3, -0.25) is 0 Å². The first kappa shape index (κ1) is 31.2. The van der Waals surface area contributed by atoms with E-state index in [0.29, 0.717) is 0 Å². The first-order valence-corrected chi connectivity index (χ1v) is 18.8. The van der Waals surface area contributed by atoms with Crippen LogP contribution in [0, 0.1) is 0 Å². The summed E-state index contributed by atoms with van der Waals surface area (Å²) in [6.45, 7) is 0. The quantitative estimate of drug-likeness (QED) is 0.172. The second-order valence-corrected chi connectivity index (χ2v) is 14.1. The Labute approximate surface area is 318 Å². The molecular formula is C52H34N2O. The molecule has 0 unspecified atom stereocenters. The van der Waals surface area contributed by atoms with Crippen LogP contribution in [-0.4, -0.2) is 4.57 Å². The van der Waals surface area contributed by atoms with Gasteiger partial charge in [0.1, 0.15) is 5.58 Å². The fraction of sp³-hybridized carbons (Fsp3) is 0. The fourth-order valence-electron chi connectivity index (χ4n) is 8.44. The Morgan fingerprint density at radius 2 is 1.11 bits per heavy atom. The predicted molar refractivity (Wildman–Crippen MR) is 231 cm³/mol. The standard InChI is InChI=1S/C52H34N2O/c1-3-14-35(15-4-1)38-18-11-21-41(33-38)53(48-26-13-24-45-44-22-9-10-27-50(44)55-52(45)48)42-30-31-46-49(34-42)54(40-19-5-2-6-20-40)47-25-12-23-43(51(46)47)39-29-28-36-16-7-8-17-37(36)32-39/h1-34H.